The summed E-state index contributed by atoms with van der Waals surface area (Å²) in [4.78, 5) is 123. The molecule has 0 aliphatic rings. The lowest BCUT2D eigenvalue weighted by Gasteiger charge is -2.31. The van der Waals surface area contributed by atoms with Crippen LogP contribution < -0.4 is 31.9 Å². The number of amides is 4. The predicted molar refractivity (Wildman–Crippen MR) is 333 cm³/mol. The third-order valence-electron chi connectivity index (χ3n) is 14.7. The molecule has 87 heavy (non-hydrogen) atoms. The molecule has 0 aromatic heterocycles. The fourth-order valence-electron chi connectivity index (χ4n) is 9.66. The van der Waals surface area contributed by atoms with E-state index >= 15 is 0 Å². The van der Waals surface area contributed by atoms with Crippen LogP contribution >= 0.6 is 14.7 Å². The molecule has 2 unspecified atom stereocenters. The van der Waals surface area contributed by atoms with Gasteiger partial charge in [-0.2, -0.15) is 0 Å². The van der Waals surface area contributed by atoms with Gasteiger partial charge in [-0.3, -0.25) is 47.5 Å². The Kier molecular flexibility index (Phi) is 28.3. The van der Waals surface area contributed by atoms with E-state index < -0.39 is 72.7 Å². The first-order chi connectivity index (χ1) is 41.3. The molecular formula is C63H84N6O16P2. The van der Waals surface area contributed by atoms with Gasteiger partial charge in [-0.05, 0) is 133 Å². The van der Waals surface area contributed by atoms with Crippen molar-refractivity contribution in [1.82, 2.24) is 20.4 Å². The number of esters is 3. The molecule has 4 rings (SSSR count). The lowest BCUT2D eigenvalue weighted by atomic mass is 9.88. The van der Waals surface area contributed by atoms with Crippen molar-refractivity contribution in [2.24, 2.45) is 5.41 Å². The minimum absolute atomic E-state index is 0.0148. The number of ether oxygens (including phenoxy) is 3. The summed E-state index contributed by atoms with van der Waals surface area (Å²) >= 11 is 0. The topological polar surface area (TPSA) is 289 Å². The monoisotopic (exact) mass is 1240 g/mol. The Balaban J connectivity index is 1.27. The summed E-state index contributed by atoms with van der Waals surface area (Å²) in [5.41, 5.74) is 0.923. The maximum atomic E-state index is 14.2. The molecule has 2 atom stereocenters. The van der Waals surface area contributed by atoms with Crippen molar-refractivity contribution in [3.8, 4) is 0 Å². The molecule has 0 saturated carbocycles. The summed E-state index contributed by atoms with van der Waals surface area (Å²) in [6.07, 6.45) is 1.09. The van der Waals surface area contributed by atoms with E-state index in [1.807, 2.05) is 23.6 Å². The van der Waals surface area contributed by atoms with Crippen LogP contribution in [-0.2, 0) is 65.9 Å². The van der Waals surface area contributed by atoms with Gasteiger partial charge in [-0.25, -0.2) is 4.79 Å². The van der Waals surface area contributed by atoms with Crippen LogP contribution in [0.1, 0.15) is 108 Å². The van der Waals surface area contributed by atoms with Crippen molar-refractivity contribution in [3.05, 3.63) is 130 Å². The molecule has 0 aliphatic heterocycles. The number of hydrogen-bond donors (Lipinski definition) is 4. The number of hydrogen-bond acceptors (Lipinski definition) is 18. The lowest BCUT2D eigenvalue weighted by molar-refractivity contribution is -0.161. The van der Waals surface area contributed by atoms with Crippen LogP contribution in [0.25, 0.3) is 0 Å². The molecule has 4 aromatic rings. The fourth-order valence-corrected chi connectivity index (χ4v) is 13.8. The Labute approximate surface area is 510 Å². The Bertz CT molecular complexity index is 3050. The van der Waals surface area contributed by atoms with E-state index in [1.165, 1.54) is 0 Å². The van der Waals surface area contributed by atoms with E-state index in [-0.39, 0.29) is 125 Å². The van der Waals surface area contributed by atoms with Crippen molar-refractivity contribution < 1.29 is 75.5 Å². The second kappa shape index (κ2) is 34.2. The van der Waals surface area contributed by atoms with Crippen molar-refractivity contribution in [1.29, 1.82) is 0 Å². The number of benzene rings is 4. The molecule has 4 N–H and O–H groups in total. The maximum Gasteiger partial charge on any atom is 0.330 e. The van der Waals surface area contributed by atoms with Crippen molar-refractivity contribution >= 4 is 89.3 Å². The van der Waals surface area contributed by atoms with Gasteiger partial charge in [0.15, 0.2) is 0 Å². The molecular weight excluding hydrogens is 1160 g/mol. The van der Waals surface area contributed by atoms with Crippen LogP contribution in [0.15, 0.2) is 85.5 Å². The molecule has 0 spiro atoms. The van der Waals surface area contributed by atoms with Gasteiger partial charge in [0, 0.05) is 78.5 Å². The van der Waals surface area contributed by atoms with Crippen LogP contribution in [0.5, 0.6) is 0 Å². The normalized spacial score (nSPS) is 13.3. The van der Waals surface area contributed by atoms with E-state index in [2.05, 4.69) is 27.8 Å². The van der Waals surface area contributed by atoms with Crippen LogP contribution in [0, 0.1) is 47.0 Å². The maximum absolute atomic E-state index is 14.2. The molecule has 0 aliphatic carbocycles. The zero-order valence-corrected chi connectivity index (χ0v) is 53.6. The minimum atomic E-state index is -4.05. The van der Waals surface area contributed by atoms with Gasteiger partial charge in [0.1, 0.15) is 19.8 Å². The van der Waals surface area contributed by atoms with Crippen molar-refractivity contribution in [3.63, 3.8) is 0 Å². The largest absolute Gasteiger partial charge is 0.465 e. The minimum Gasteiger partial charge on any atom is -0.465 e. The van der Waals surface area contributed by atoms with Crippen LogP contribution in [0.2, 0.25) is 0 Å². The number of nitrogens with one attached hydrogen (secondary N) is 4. The van der Waals surface area contributed by atoms with E-state index in [0.29, 0.717) is 46.5 Å². The average Bonchev–Trinajstić information content (AvgIpc) is 1.08. The Morgan fingerprint density at radius 1 is 0.517 bits per heavy atom. The number of carbonyl (C=O) groups excluding carboxylic acids is 9. The average molecular weight is 1240 g/mol. The molecule has 4 aromatic carbocycles. The number of likely N-dealkylation sites (N-methyl/N-ethyl adjacent to an activating group) is 2. The molecule has 0 saturated heterocycles. The molecule has 0 radical (unpaired) electrons. The second-order valence-electron chi connectivity index (χ2n) is 20.8. The molecule has 24 heteroatoms. The highest BCUT2D eigenvalue weighted by molar-refractivity contribution is 7.84. The molecule has 0 heterocycles. The van der Waals surface area contributed by atoms with Crippen molar-refractivity contribution in [2.45, 2.75) is 95.4 Å². The van der Waals surface area contributed by atoms with Gasteiger partial charge < -0.3 is 54.3 Å². The Hall–Kier alpha value is -7.45. The molecule has 4 amide bonds. The van der Waals surface area contributed by atoms with Crippen LogP contribution in [0.3, 0.4) is 0 Å². The summed E-state index contributed by atoms with van der Waals surface area (Å²) in [6, 6.07) is 19.7. The van der Waals surface area contributed by atoms with Gasteiger partial charge in [0.25, 0.3) is 11.0 Å². The third-order valence-corrected chi connectivity index (χ3v) is 19.4. The standard InChI is InChI=1S/C63H84N6O16P2/c1-13-50(70)81-39-63(14-2,40-82-51(71)29-33-68(15-3)35-31-64-57(73)59(75)66-55-44(9)37-42(7)53(46(55)11)61(77)86(79,84-17-5)48-25-21-19-22-26-48)41-83-52(72)30-34-69(16-4)36-32-65-58(74)60(76)67-56-45(10)38-43(8)54(47(56)12)62(78)87(80,85-18-6)49-27-23-20-24-28-49/h13,19-28,37-38H,1,14-18,29-36,39-41H2,2-12H3,(H,64,73)(H,65,74)(H,66,75)(H,67,76). The summed E-state index contributed by atoms with van der Waals surface area (Å²) in [5.74, 6) is -5.80. The highest BCUT2D eigenvalue weighted by Crippen LogP contribution is 2.52. The van der Waals surface area contributed by atoms with E-state index in [4.69, 9.17) is 23.3 Å². The summed E-state index contributed by atoms with van der Waals surface area (Å²) < 4.78 is 56.3. The summed E-state index contributed by atoms with van der Waals surface area (Å²) in [5, 5.41) is 10.9. The smallest absolute Gasteiger partial charge is 0.330 e. The molecule has 0 fully saturated rings. The highest BCUT2D eigenvalue weighted by atomic mass is 31.2. The molecule has 22 nitrogen and oxygen atoms in total. The second-order valence-corrected chi connectivity index (χ2v) is 25.3. The van der Waals surface area contributed by atoms with E-state index in [1.54, 1.807) is 135 Å². The number of carbonyl (C=O) groups is 9. The van der Waals surface area contributed by atoms with Gasteiger partial charge in [-0.1, -0.05) is 75.9 Å². The van der Waals surface area contributed by atoms with Gasteiger partial charge in [0.2, 0.25) is 0 Å². The fraction of sp³-hybridized carbons (Fsp3) is 0.444. The highest BCUT2D eigenvalue weighted by Gasteiger charge is 2.40. The number of anilines is 2. The van der Waals surface area contributed by atoms with Crippen LogP contribution in [0.4, 0.5) is 11.4 Å². The van der Waals surface area contributed by atoms with Gasteiger partial charge in [-0.15, -0.1) is 0 Å². The SMILES string of the molecule is C=CC(=O)OCC(CC)(COC(=O)CCN(CC)CCNC(=O)C(=O)Nc1c(C)cc(C)c(C(=O)P(=O)(OCC)c2ccccc2)c1C)COC(=O)CCN(CC)CCNC(=O)C(=O)Nc1c(C)cc(C)c(C(=O)P(=O)(OCC)c2ccccc2)c1C. The van der Waals surface area contributed by atoms with Crippen molar-refractivity contribution in [2.75, 3.05) is 96.0 Å². The summed E-state index contributed by atoms with van der Waals surface area (Å²) in [6.45, 7) is 23.3. The van der Waals surface area contributed by atoms with Gasteiger partial charge in [0.05, 0.1) is 31.5 Å². The Morgan fingerprint density at radius 3 is 1.22 bits per heavy atom. The van der Waals surface area contributed by atoms with Crippen LogP contribution in [-0.4, -0.2) is 148 Å². The Morgan fingerprint density at radius 2 is 0.885 bits per heavy atom. The van der Waals surface area contributed by atoms with E-state index in [0.717, 1.165) is 6.08 Å². The summed E-state index contributed by atoms with van der Waals surface area (Å²) in [7, 11) is -8.10. The first kappa shape index (κ1) is 72.0. The zero-order valence-electron chi connectivity index (χ0n) is 51.8. The first-order valence-electron chi connectivity index (χ1n) is 29.0. The van der Waals surface area contributed by atoms with E-state index in [9.17, 15) is 52.3 Å². The van der Waals surface area contributed by atoms with Gasteiger partial charge >= 0.3 is 56.3 Å². The first-order valence-corrected chi connectivity index (χ1v) is 32.2. The number of rotatable bonds is 34. The zero-order chi connectivity index (χ0) is 64.6. The molecule has 472 valence electrons. The number of nitrogens with zero attached hydrogens (tertiary/aromatic N) is 2. The lowest BCUT2D eigenvalue weighted by Crippen LogP contribution is -2.41. The predicted octanol–water partition coefficient (Wildman–Crippen LogP) is 7.54. The quantitative estimate of drug-likeness (QED) is 0.0115. The third kappa shape index (κ3) is 19.5. The number of aryl methyl sites for hydroxylation is 4. The molecule has 0 bridgehead atoms.